The smallest absolute Gasteiger partial charge is 0.314 e. The van der Waals surface area contributed by atoms with Crippen LogP contribution in [0.15, 0.2) is 0 Å². The van der Waals surface area contributed by atoms with E-state index in [0.717, 1.165) is 45.1 Å². The van der Waals surface area contributed by atoms with Crippen molar-refractivity contribution in [1.29, 1.82) is 0 Å². The first-order chi connectivity index (χ1) is 8.99. The number of hydrogen-bond donors (Lipinski definition) is 1. The van der Waals surface area contributed by atoms with Crippen molar-refractivity contribution in [1.82, 2.24) is 10.2 Å². The largest absolute Gasteiger partial charge is 0.401 e. The van der Waals surface area contributed by atoms with Gasteiger partial charge in [0, 0.05) is 18.6 Å². The number of rotatable bonds is 7. The fraction of sp³-hybridized carbons (Fsp3) is 1.00. The molecule has 0 aromatic heterocycles. The van der Waals surface area contributed by atoms with Crippen LogP contribution >= 0.6 is 0 Å². The summed E-state index contributed by atoms with van der Waals surface area (Å²) >= 11 is 0. The van der Waals surface area contributed by atoms with E-state index in [1.807, 2.05) is 0 Å². The average molecular weight is 278 g/mol. The van der Waals surface area contributed by atoms with Gasteiger partial charge >= 0.3 is 6.18 Å². The lowest BCUT2D eigenvalue weighted by Gasteiger charge is -2.29. The average Bonchev–Trinajstić information content (AvgIpc) is 3.07. The highest BCUT2D eigenvalue weighted by Crippen LogP contribution is 2.34. The fourth-order valence-electron chi connectivity index (χ4n) is 3.17. The highest BCUT2D eigenvalue weighted by molar-refractivity contribution is 4.91. The molecule has 5 heteroatoms. The van der Waals surface area contributed by atoms with Crippen LogP contribution in [0.4, 0.5) is 13.2 Å². The van der Waals surface area contributed by atoms with Gasteiger partial charge in [-0.3, -0.25) is 4.90 Å². The lowest BCUT2D eigenvalue weighted by molar-refractivity contribution is -0.148. The van der Waals surface area contributed by atoms with Gasteiger partial charge in [-0.1, -0.05) is 13.3 Å². The van der Waals surface area contributed by atoms with Crippen LogP contribution in [-0.2, 0) is 0 Å². The Balaban J connectivity index is 1.85. The molecule has 0 bridgehead atoms. The third kappa shape index (κ3) is 4.95. The maximum Gasteiger partial charge on any atom is 0.401 e. The first-order valence-electron chi connectivity index (χ1n) is 7.54. The minimum Gasteiger partial charge on any atom is -0.314 e. The van der Waals surface area contributed by atoms with E-state index in [1.54, 1.807) is 4.90 Å². The van der Waals surface area contributed by atoms with E-state index in [1.165, 1.54) is 0 Å². The molecule has 1 N–H and O–H groups in total. The van der Waals surface area contributed by atoms with Gasteiger partial charge in [-0.2, -0.15) is 13.2 Å². The van der Waals surface area contributed by atoms with Crippen molar-refractivity contribution >= 4 is 0 Å². The van der Waals surface area contributed by atoms with Gasteiger partial charge in [0.2, 0.25) is 0 Å². The molecule has 0 saturated heterocycles. The molecule has 112 valence electrons. The molecular formula is C14H25F3N2. The number of alkyl halides is 3. The molecular weight excluding hydrogens is 253 g/mol. The Morgan fingerprint density at radius 2 is 1.89 bits per heavy atom. The molecule has 19 heavy (non-hydrogen) atoms. The van der Waals surface area contributed by atoms with Gasteiger partial charge in [-0.05, 0) is 44.6 Å². The van der Waals surface area contributed by atoms with Crippen LogP contribution in [0.1, 0.15) is 45.4 Å². The predicted octanol–water partition coefficient (Wildman–Crippen LogP) is 3.18. The SMILES string of the molecule is CCCNC1CCCC1CN(CC(F)(F)F)C1CC1. The Morgan fingerprint density at radius 1 is 1.16 bits per heavy atom. The highest BCUT2D eigenvalue weighted by atomic mass is 19.4. The standard InChI is InChI=1S/C14H25F3N2/c1-2-8-18-13-5-3-4-11(13)9-19(12-6-7-12)10-14(15,16)17/h11-13,18H,2-10H2,1H3. The van der Waals surface area contributed by atoms with Gasteiger partial charge in [-0.25, -0.2) is 0 Å². The van der Waals surface area contributed by atoms with E-state index >= 15 is 0 Å². The molecule has 2 saturated carbocycles. The summed E-state index contributed by atoms with van der Waals surface area (Å²) in [6, 6.07) is 0.614. The second kappa shape index (κ2) is 6.44. The van der Waals surface area contributed by atoms with Crippen molar-refractivity contribution in [2.45, 2.75) is 63.7 Å². The zero-order chi connectivity index (χ0) is 13.9. The first-order valence-corrected chi connectivity index (χ1v) is 7.54. The Kier molecular flexibility index (Phi) is 5.12. The molecule has 0 aromatic rings. The van der Waals surface area contributed by atoms with Crippen molar-refractivity contribution in [2.75, 3.05) is 19.6 Å². The van der Waals surface area contributed by atoms with Gasteiger partial charge in [0.05, 0.1) is 6.54 Å². The lowest BCUT2D eigenvalue weighted by atomic mass is 10.0. The minimum absolute atomic E-state index is 0.189. The van der Waals surface area contributed by atoms with Crippen LogP contribution in [0.2, 0.25) is 0 Å². The Hall–Kier alpha value is -0.290. The molecule has 0 radical (unpaired) electrons. The minimum atomic E-state index is -4.06. The predicted molar refractivity (Wildman–Crippen MR) is 70.1 cm³/mol. The maximum absolute atomic E-state index is 12.6. The molecule has 0 aliphatic heterocycles. The molecule has 2 rings (SSSR count). The summed E-state index contributed by atoms with van der Waals surface area (Å²) in [4.78, 5) is 1.68. The van der Waals surface area contributed by atoms with E-state index in [0.29, 0.717) is 18.5 Å². The van der Waals surface area contributed by atoms with E-state index in [4.69, 9.17) is 0 Å². The highest BCUT2D eigenvalue weighted by Gasteiger charge is 2.40. The topological polar surface area (TPSA) is 15.3 Å². The Labute approximate surface area is 113 Å². The quantitative estimate of drug-likeness (QED) is 0.769. The van der Waals surface area contributed by atoms with Gasteiger partial charge < -0.3 is 5.32 Å². The first kappa shape index (κ1) is 15.1. The summed E-state index contributed by atoms with van der Waals surface area (Å²) in [5.41, 5.74) is 0. The molecule has 2 atom stereocenters. The molecule has 2 aliphatic carbocycles. The van der Waals surface area contributed by atoms with Gasteiger partial charge in [-0.15, -0.1) is 0 Å². The van der Waals surface area contributed by atoms with Gasteiger partial charge in [0.15, 0.2) is 0 Å². The molecule has 2 unspecified atom stereocenters. The van der Waals surface area contributed by atoms with Crippen LogP contribution in [-0.4, -0.2) is 42.8 Å². The molecule has 2 aliphatic rings. The van der Waals surface area contributed by atoms with Gasteiger partial charge in [0.25, 0.3) is 0 Å². The number of halogens is 3. The van der Waals surface area contributed by atoms with Crippen molar-refractivity contribution in [3.63, 3.8) is 0 Å². The number of nitrogens with zero attached hydrogens (tertiary/aromatic N) is 1. The van der Waals surface area contributed by atoms with Crippen molar-refractivity contribution in [2.24, 2.45) is 5.92 Å². The van der Waals surface area contributed by atoms with Crippen LogP contribution < -0.4 is 5.32 Å². The number of hydrogen-bond acceptors (Lipinski definition) is 2. The molecule has 0 spiro atoms. The summed E-state index contributed by atoms with van der Waals surface area (Å²) in [7, 11) is 0. The van der Waals surface area contributed by atoms with E-state index < -0.39 is 12.7 Å². The van der Waals surface area contributed by atoms with Crippen molar-refractivity contribution in [3.05, 3.63) is 0 Å². The molecule has 2 nitrogen and oxygen atoms in total. The second-order valence-corrected chi connectivity index (χ2v) is 6.03. The maximum atomic E-state index is 12.6. The number of nitrogens with one attached hydrogen (secondary N) is 1. The van der Waals surface area contributed by atoms with Crippen LogP contribution in [0, 0.1) is 5.92 Å². The summed E-state index contributed by atoms with van der Waals surface area (Å²) < 4.78 is 37.8. The van der Waals surface area contributed by atoms with Gasteiger partial charge in [0.1, 0.15) is 0 Å². The normalized spacial score (nSPS) is 28.3. The monoisotopic (exact) mass is 278 g/mol. The Bertz CT molecular complexity index is 276. The third-order valence-corrected chi connectivity index (χ3v) is 4.23. The summed E-state index contributed by atoms with van der Waals surface area (Å²) in [5, 5.41) is 3.50. The Morgan fingerprint density at radius 3 is 2.47 bits per heavy atom. The van der Waals surface area contributed by atoms with Crippen LogP contribution in [0.5, 0.6) is 0 Å². The molecule has 0 amide bonds. The summed E-state index contributed by atoms with van der Waals surface area (Å²) in [5.74, 6) is 0.398. The van der Waals surface area contributed by atoms with E-state index in [-0.39, 0.29) is 6.04 Å². The zero-order valence-corrected chi connectivity index (χ0v) is 11.7. The second-order valence-electron chi connectivity index (χ2n) is 6.03. The van der Waals surface area contributed by atoms with Crippen molar-refractivity contribution < 1.29 is 13.2 Å². The van der Waals surface area contributed by atoms with Crippen molar-refractivity contribution in [3.8, 4) is 0 Å². The fourth-order valence-corrected chi connectivity index (χ4v) is 3.17. The summed E-state index contributed by atoms with van der Waals surface area (Å²) in [6.07, 6.45) is 2.24. The zero-order valence-electron chi connectivity index (χ0n) is 11.7. The van der Waals surface area contributed by atoms with Crippen LogP contribution in [0.3, 0.4) is 0 Å². The van der Waals surface area contributed by atoms with E-state index in [9.17, 15) is 13.2 Å². The third-order valence-electron chi connectivity index (χ3n) is 4.23. The van der Waals surface area contributed by atoms with Crippen LogP contribution in [0.25, 0.3) is 0 Å². The molecule has 0 heterocycles. The van der Waals surface area contributed by atoms with E-state index in [2.05, 4.69) is 12.2 Å². The molecule has 0 aromatic carbocycles. The summed E-state index contributed by atoms with van der Waals surface area (Å²) in [6.45, 7) is 2.99. The lowest BCUT2D eigenvalue weighted by Crippen LogP contribution is -2.43. The molecule has 2 fully saturated rings.